The second-order valence-corrected chi connectivity index (χ2v) is 8.55. The number of nitrogens with one attached hydrogen (secondary N) is 1. The Morgan fingerprint density at radius 3 is 2.03 bits per heavy atom. The lowest BCUT2D eigenvalue weighted by Crippen LogP contribution is -2.31. The standard InChI is InChI=1S/C25H19F6N5/c26-24(27,28)19-5-1-15(2-6-19)22-18(12-33-35-22)14-36-10-9-21-17(13-36)11-32-23(34-21)16-3-7-20(8-4-16)25(29,30)31/h1-8,11-12H,9-10,13-14H2,(H,33,35). The van der Waals surface area contributed by atoms with E-state index in [4.69, 9.17) is 0 Å². The first-order chi connectivity index (χ1) is 17.1. The van der Waals surface area contributed by atoms with E-state index in [1.165, 1.54) is 24.3 Å². The van der Waals surface area contributed by atoms with Crippen molar-refractivity contribution in [2.24, 2.45) is 0 Å². The maximum absolute atomic E-state index is 12.9. The molecule has 0 saturated carbocycles. The molecule has 1 aliphatic heterocycles. The number of halogens is 6. The summed E-state index contributed by atoms with van der Waals surface area (Å²) in [5.41, 5.74) is 2.93. The topological polar surface area (TPSA) is 57.7 Å². The molecule has 36 heavy (non-hydrogen) atoms. The summed E-state index contributed by atoms with van der Waals surface area (Å²) in [5, 5.41) is 6.95. The molecular weight excluding hydrogens is 484 g/mol. The van der Waals surface area contributed by atoms with E-state index in [0.717, 1.165) is 41.1 Å². The molecule has 1 N–H and O–H groups in total. The first-order valence-electron chi connectivity index (χ1n) is 11.0. The van der Waals surface area contributed by atoms with Crippen LogP contribution in [0.15, 0.2) is 60.9 Å². The van der Waals surface area contributed by atoms with E-state index in [0.29, 0.717) is 48.7 Å². The van der Waals surface area contributed by atoms with Crippen LogP contribution < -0.4 is 0 Å². The zero-order valence-electron chi connectivity index (χ0n) is 18.7. The average Bonchev–Trinajstić information content (AvgIpc) is 3.31. The van der Waals surface area contributed by atoms with Gasteiger partial charge in [0.2, 0.25) is 0 Å². The quantitative estimate of drug-likeness (QED) is 0.341. The van der Waals surface area contributed by atoms with Gasteiger partial charge in [-0.15, -0.1) is 0 Å². The molecule has 5 rings (SSSR count). The fraction of sp³-hybridized carbons (Fsp3) is 0.240. The lowest BCUT2D eigenvalue weighted by Gasteiger charge is -2.28. The highest BCUT2D eigenvalue weighted by Gasteiger charge is 2.31. The average molecular weight is 503 g/mol. The molecule has 0 amide bonds. The lowest BCUT2D eigenvalue weighted by atomic mass is 10.0. The predicted octanol–water partition coefficient (Wildman–Crippen LogP) is 6.13. The molecular formula is C25H19F6N5. The van der Waals surface area contributed by atoms with Crippen molar-refractivity contribution in [3.63, 3.8) is 0 Å². The summed E-state index contributed by atoms with van der Waals surface area (Å²) in [7, 11) is 0. The van der Waals surface area contributed by atoms with Gasteiger partial charge in [0.15, 0.2) is 5.82 Å². The number of rotatable bonds is 4. The highest BCUT2D eigenvalue weighted by molar-refractivity contribution is 5.63. The first kappa shape index (κ1) is 24.0. The van der Waals surface area contributed by atoms with E-state index in [1.807, 2.05) is 0 Å². The second-order valence-electron chi connectivity index (χ2n) is 8.55. The molecule has 0 radical (unpaired) electrons. The molecule has 2 aromatic heterocycles. The molecule has 0 spiro atoms. The van der Waals surface area contributed by atoms with Crippen molar-refractivity contribution in [1.82, 2.24) is 25.1 Å². The number of aromatic nitrogens is 4. The zero-order valence-corrected chi connectivity index (χ0v) is 18.7. The van der Waals surface area contributed by atoms with Gasteiger partial charge in [-0.05, 0) is 29.8 Å². The van der Waals surface area contributed by atoms with Gasteiger partial charge in [0.05, 0.1) is 28.7 Å². The van der Waals surface area contributed by atoms with Crippen molar-refractivity contribution in [1.29, 1.82) is 0 Å². The van der Waals surface area contributed by atoms with Gasteiger partial charge in [0.25, 0.3) is 0 Å². The van der Waals surface area contributed by atoms with Crippen LogP contribution in [0.4, 0.5) is 26.3 Å². The number of H-pyrrole nitrogens is 1. The molecule has 0 unspecified atom stereocenters. The molecule has 186 valence electrons. The minimum atomic E-state index is -4.40. The van der Waals surface area contributed by atoms with Crippen LogP contribution >= 0.6 is 0 Å². The molecule has 2 aromatic carbocycles. The highest BCUT2D eigenvalue weighted by atomic mass is 19.4. The van der Waals surface area contributed by atoms with Crippen LogP contribution in [-0.2, 0) is 31.9 Å². The summed E-state index contributed by atoms with van der Waals surface area (Å²) in [6.07, 6.45) is -4.83. The number of hydrogen-bond acceptors (Lipinski definition) is 4. The van der Waals surface area contributed by atoms with Crippen LogP contribution in [0.3, 0.4) is 0 Å². The van der Waals surface area contributed by atoms with E-state index >= 15 is 0 Å². The maximum Gasteiger partial charge on any atom is 0.416 e. The number of hydrogen-bond donors (Lipinski definition) is 1. The van der Waals surface area contributed by atoms with Gasteiger partial charge < -0.3 is 0 Å². The molecule has 0 aliphatic carbocycles. The van der Waals surface area contributed by atoms with Crippen LogP contribution in [0, 0.1) is 0 Å². The van der Waals surface area contributed by atoms with Crippen molar-refractivity contribution in [2.75, 3.05) is 6.54 Å². The Labute approximate surface area is 201 Å². The molecule has 3 heterocycles. The van der Waals surface area contributed by atoms with E-state index in [-0.39, 0.29) is 0 Å². The van der Waals surface area contributed by atoms with Gasteiger partial charge >= 0.3 is 12.4 Å². The molecule has 5 nitrogen and oxygen atoms in total. The van der Waals surface area contributed by atoms with Crippen molar-refractivity contribution in [3.05, 3.63) is 88.9 Å². The van der Waals surface area contributed by atoms with Crippen molar-refractivity contribution >= 4 is 0 Å². The third kappa shape index (κ3) is 4.97. The van der Waals surface area contributed by atoms with Gasteiger partial charge in [0.1, 0.15) is 0 Å². The summed E-state index contributed by atoms with van der Waals surface area (Å²) in [5.74, 6) is 0.371. The summed E-state index contributed by atoms with van der Waals surface area (Å²) in [4.78, 5) is 11.1. The Kier molecular flexibility index (Phi) is 6.03. The number of nitrogens with zero attached hydrogens (tertiary/aromatic N) is 4. The Hall–Kier alpha value is -3.73. The molecule has 0 fully saturated rings. The molecule has 0 saturated heterocycles. The van der Waals surface area contributed by atoms with Crippen LogP contribution in [0.5, 0.6) is 0 Å². The second kappa shape index (κ2) is 9.05. The molecule has 1 aliphatic rings. The molecule has 0 bridgehead atoms. The van der Waals surface area contributed by atoms with Gasteiger partial charge in [-0.3, -0.25) is 10.00 Å². The fourth-order valence-corrected chi connectivity index (χ4v) is 4.20. The Morgan fingerprint density at radius 2 is 1.42 bits per heavy atom. The van der Waals surface area contributed by atoms with Crippen LogP contribution in [-0.4, -0.2) is 31.6 Å². The smallest absolute Gasteiger partial charge is 0.294 e. The Morgan fingerprint density at radius 1 is 0.806 bits per heavy atom. The number of aromatic amines is 1. The molecule has 0 atom stereocenters. The SMILES string of the molecule is FC(F)(F)c1ccc(-c2ncc3c(n2)CCN(Cc2cn[nH]c2-c2ccc(C(F)(F)F)cc2)C3)cc1. The molecule has 11 heteroatoms. The third-order valence-corrected chi connectivity index (χ3v) is 6.10. The van der Waals surface area contributed by atoms with Gasteiger partial charge in [-0.1, -0.05) is 24.3 Å². The van der Waals surface area contributed by atoms with Gasteiger partial charge in [-0.2, -0.15) is 31.4 Å². The summed E-state index contributed by atoms with van der Waals surface area (Å²) < 4.78 is 77.1. The van der Waals surface area contributed by atoms with Crippen LogP contribution in [0.25, 0.3) is 22.6 Å². The van der Waals surface area contributed by atoms with Crippen LogP contribution in [0.2, 0.25) is 0 Å². The van der Waals surface area contributed by atoms with Crippen molar-refractivity contribution in [3.8, 4) is 22.6 Å². The Balaban J connectivity index is 1.29. The summed E-state index contributed by atoms with van der Waals surface area (Å²) in [6.45, 7) is 1.75. The largest absolute Gasteiger partial charge is 0.416 e. The zero-order chi connectivity index (χ0) is 25.5. The van der Waals surface area contributed by atoms with Gasteiger partial charge in [-0.25, -0.2) is 9.97 Å². The fourth-order valence-electron chi connectivity index (χ4n) is 4.20. The normalized spacial score (nSPS) is 14.6. The number of fused-ring (bicyclic) bond motifs is 1. The monoisotopic (exact) mass is 503 g/mol. The molecule has 4 aromatic rings. The summed E-state index contributed by atoms with van der Waals surface area (Å²) in [6, 6.07) is 9.68. The van der Waals surface area contributed by atoms with Gasteiger partial charge in [0, 0.05) is 48.9 Å². The van der Waals surface area contributed by atoms with E-state index < -0.39 is 23.5 Å². The minimum Gasteiger partial charge on any atom is -0.294 e. The lowest BCUT2D eigenvalue weighted by molar-refractivity contribution is -0.138. The van der Waals surface area contributed by atoms with E-state index in [9.17, 15) is 26.3 Å². The maximum atomic E-state index is 12.9. The highest BCUT2D eigenvalue weighted by Crippen LogP contribution is 2.33. The third-order valence-electron chi connectivity index (χ3n) is 6.10. The van der Waals surface area contributed by atoms with Crippen LogP contribution in [0.1, 0.15) is 27.9 Å². The summed E-state index contributed by atoms with van der Waals surface area (Å²) >= 11 is 0. The number of benzene rings is 2. The van der Waals surface area contributed by atoms with E-state index in [1.54, 1.807) is 12.4 Å². The van der Waals surface area contributed by atoms with Crippen molar-refractivity contribution in [2.45, 2.75) is 31.9 Å². The Bertz CT molecular complexity index is 1360. The minimum absolute atomic E-state index is 0.371. The first-order valence-corrected chi connectivity index (χ1v) is 11.0. The van der Waals surface area contributed by atoms with Crippen molar-refractivity contribution < 1.29 is 26.3 Å². The number of alkyl halides is 6. The van der Waals surface area contributed by atoms with E-state index in [2.05, 4.69) is 25.1 Å². The predicted molar refractivity (Wildman–Crippen MR) is 119 cm³/mol.